The van der Waals surface area contributed by atoms with Crippen molar-refractivity contribution >= 4 is 22.6 Å². The van der Waals surface area contributed by atoms with E-state index in [-0.39, 0.29) is 11.9 Å². The van der Waals surface area contributed by atoms with Crippen LogP contribution >= 0.6 is 0 Å². The lowest BCUT2D eigenvalue weighted by Crippen LogP contribution is -2.14. The number of nitrogens with one attached hydrogen (secondary N) is 1. The molecule has 7 nitrogen and oxygen atoms in total. The van der Waals surface area contributed by atoms with Crippen LogP contribution in [0.15, 0.2) is 48.8 Å². The molecule has 0 saturated heterocycles. The van der Waals surface area contributed by atoms with Gasteiger partial charge in [0.15, 0.2) is 5.65 Å². The van der Waals surface area contributed by atoms with Crippen molar-refractivity contribution in [2.24, 2.45) is 0 Å². The Bertz CT molecular complexity index is 1160. The van der Waals surface area contributed by atoms with E-state index in [1.54, 1.807) is 12.4 Å². The fraction of sp³-hybridized carbons (Fsp3) is 0.238. The summed E-state index contributed by atoms with van der Waals surface area (Å²) in [5, 5.41) is 12.8. The Kier molecular flexibility index (Phi) is 4.43. The molecule has 142 valence electrons. The van der Waals surface area contributed by atoms with Crippen molar-refractivity contribution in [1.29, 1.82) is 0 Å². The van der Waals surface area contributed by atoms with E-state index in [1.165, 1.54) is 0 Å². The highest BCUT2D eigenvalue weighted by atomic mass is 16.1. The summed E-state index contributed by atoms with van der Waals surface area (Å²) < 4.78 is 3.67. The maximum absolute atomic E-state index is 12.8. The van der Waals surface area contributed by atoms with Gasteiger partial charge in [0.05, 0.1) is 34.5 Å². The first kappa shape index (κ1) is 17.9. The molecule has 0 aliphatic rings. The molecule has 0 bridgehead atoms. The van der Waals surface area contributed by atoms with Gasteiger partial charge in [-0.25, -0.2) is 14.3 Å². The highest BCUT2D eigenvalue weighted by Crippen LogP contribution is 2.24. The number of benzene rings is 1. The number of rotatable bonds is 4. The minimum atomic E-state index is -0.217. The predicted octanol–water partition coefficient (Wildman–Crippen LogP) is 4.07. The van der Waals surface area contributed by atoms with Gasteiger partial charge in [-0.15, -0.1) is 0 Å². The summed E-state index contributed by atoms with van der Waals surface area (Å²) in [6, 6.07) is 11.9. The van der Waals surface area contributed by atoms with E-state index < -0.39 is 0 Å². The van der Waals surface area contributed by atoms with Gasteiger partial charge < -0.3 is 5.32 Å². The highest BCUT2D eigenvalue weighted by Gasteiger charge is 2.17. The zero-order valence-electron chi connectivity index (χ0n) is 16.3. The lowest BCUT2D eigenvalue weighted by atomic mass is 10.2. The Morgan fingerprint density at radius 3 is 2.57 bits per heavy atom. The van der Waals surface area contributed by atoms with Crippen LogP contribution < -0.4 is 5.32 Å². The smallest absolute Gasteiger partial charge is 0.257 e. The van der Waals surface area contributed by atoms with E-state index in [1.807, 2.05) is 73.5 Å². The highest BCUT2D eigenvalue weighted by molar-refractivity contribution is 6.06. The number of carbonyl (C=O) groups is 1. The quantitative estimate of drug-likeness (QED) is 0.584. The Hall–Kier alpha value is -3.48. The molecule has 3 heterocycles. The lowest BCUT2D eigenvalue weighted by Gasteiger charge is -2.08. The molecule has 7 heteroatoms. The van der Waals surface area contributed by atoms with E-state index >= 15 is 0 Å². The third-order valence-electron chi connectivity index (χ3n) is 4.72. The van der Waals surface area contributed by atoms with Crippen LogP contribution in [-0.2, 0) is 0 Å². The third-order valence-corrected chi connectivity index (χ3v) is 4.72. The number of fused-ring (bicyclic) bond motifs is 1. The molecule has 0 aliphatic carbocycles. The van der Waals surface area contributed by atoms with Crippen LogP contribution in [0.4, 0.5) is 5.69 Å². The lowest BCUT2D eigenvalue weighted by molar-refractivity contribution is 0.102. The van der Waals surface area contributed by atoms with Gasteiger partial charge in [-0.3, -0.25) is 4.79 Å². The summed E-state index contributed by atoms with van der Waals surface area (Å²) in [6.07, 6.45) is 3.33. The normalized spacial score (nSPS) is 11.3. The average molecular weight is 374 g/mol. The molecule has 0 aliphatic heterocycles. The molecule has 0 unspecified atom stereocenters. The van der Waals surface area contributed by atoms with Gasteiger partial charge in [-0.1, -0.05) is 18.2 Å². The second-order valence-corrected chi connectivity index (χ2v) is 7.07. The number of aromatic nitrogens is 5. The van der Waals surface area contributed by atoms with Crippen molar-refractivity contribution in [3.8, 4) is 5.69 Å². The summed E-state index contributed by atoms with van der Waals surface area (Å²) in [4.78, 5) is 17.3. The monoisotopic (exact) mass is 374 g/mol. The summed E-state index contributed by atoms with van der Waals surface area (Å²) in [5.74, 6) is -0.217. The molecular formula is C21H22N6O. The van der Waals surface area contributed by atoms with Crippen LogP contribution in [0.3, 0.4) is 0 Å². The molecular weight excluding hydrogens is 352 g/mol. The zero-order chi connectivity index (χ0) is 19.8. The summed E-state index contributed by atoms with van der Waals surface area (Å²) in [6.45, 7) is 7.92. The summed E-state index contributed by atoms with van der Waals surface area (Å²) in [7, 11) is 0. The van der Waals surface area contributed by atoms with Crippen molar-refractivity contribution in [1.82, 2.24) is 24.5 Å². The van der Waals surface area contributed by atoms with Gasteiger partial charge in [0.2, 0.25) is 0 Å². The van der Waals surface area contributed by atoms with E-state index in [0.717, 1.165) is 28.1 Å². The third kappa shape index (κ3) is 3.05. The van der Waals surface area contributed by atoms with Gasteiger partial charge in [-0.05, 0) is 45.9 Å². The predicted molar refractivity (Wildman–Crippen MR) is 109 cm³/mol. The molecule has 1 amide bonds. The second-order valence-electron chi connectivity index (χ2n) is 7.07. The summed E-state index contributed by atoms with van der Waals surface area (Å²) in [5.41, 5.74) is 4.56. The molecule has 3 aromatic heterocycles. The first-order valence-corrected chi connectivity index (χ1v) is 9.22. The molecule has 0 atom stereocenters. The van der Waals surface area contributed by atoms with Crippen molar-refractivity contribution < 1.29 is 4.79 Å². The first-order valence-electron chi connectivity index (χ1n) is 9.22. The van der Waals surface area contributed by atoms with Crippen molar-refractivity contribution in [2.45, 2.75) is 33.7 Å². The first-order chi connectivity index (χ1) is 13.5. The number of para-hydroxylation sites is 1. The molecule has 0 fully saturated rings. The van der Waals surface area contributed by atoms with Gasteiger partial charge in [0, 0.05) is 17.6 Å². The van der Waals surface area contributed by atoms with Gasteiger partial charge in [-0.2, -0.15) is 10.2 Å². The minimum absolute atomic E-state index is 0.207. The van der Waals surface area contributed by atoms with Crippen LogP contribution in [0.2, 0.25) is 0 Å². The second kappa shape index (κ2) is 6.92. The fourth-order valence-electron chi connectivity index (χ4n) is 3.27. The Balaban J connectivity index is 1.64. The van der Waals surface area contributed by atoms with Gasteiger partial charge in [0.1, 0.15) is 0 Å². The average Bonchev–Trinajstić information content (AvgIpc) is 3.24. The van der Waals surface area contributed by atoms with Crippen LogP contribution in [0.5, 0.6) is 0 Å². The zero-order valence-corrected chi connectivity index (χ0v) is 16.3. The Morgan fingerprint density at radius 2 is 1.86 bits per heavy atom. The van der Waals surface area contributed by atoms with Crippen LogP contribution in [0, 0.1) is 13.8 Å². The maximum Gasteiger partial charge on any atom is 0.257 e. The number of aryl methyl sites for hydroxylation is 1. The van der Waals surface area contributed by atoms with Crippen LogP contribution in [0.25, 0.3) is 16.7 Å². The van der Waals surface area contributed by atoms with Gasteiger partial charge >= 0.3 is 0 Å². The van der Waals surface area contributed by atoms with Crippen LogP contribution in [0.1, 0.15) is 41.6 Å². The SMILES string of the molecule is Cc1nn(-c2ccccc2)c(C)c1NC(=O)c1cnc2c(cnn2C(C)C)c1. The van der Waals surface area contributed by atoms with Crippen molar-refractivity contribution in [2.75, 3.05) is 5.32 Å². The largest absolute Gasteiger partial charge is 0.319 e. The van der Waals surface area contributed by atoms with E-state index in [9.17, 15) is 4.79 Å². The Morgan fingerprint density at radius 1 is 1.11 bits per heavy atom. The molecule has 0 radical (unpaired) electrons. The van der Waals surface area contributed by atoms with Gasteiger partial charge in [0.25, 0.3) is 5.91 Å². The van der Waals surface area contributed by atoms with Crippen molar-refractivity contribution in [3.63, 3.8) is 0 Å². The molecule has 0 saturated carbocycles. The fourth-order valence-corrected chi connectivity index (χ4v) is 3.27. The maximum atomic E-state index is 12.8. The minimum Gasteiger partial charge on any atom is -0.319 e. The standard InChI is InChI=1S/C21H22N6O/c1-13(2)26-20-16(12-23-26)10-17(11-22-20)21(28)24-19-14(3)25-27(15(19)4)18-8-6-5-7-9-18/h5-13H,1-4H3,(H,24,28). The van der Waals surface area contributed by atoms with Crippen LogP contribution in [-0.4, -0.2) is 30.5 Å². The molecule has 4 aromatic rings. The summed E-state index contributed by atoms with van der Waals surface area (Å²) >= 11 is 0. The number of hydrogen-bond acceptors (Lipinski definition) is 4. The number of nitrogens with zero attached hydrogens (tertiary/aromatic N) is 5. The topological polar surface area (TPSA) is 77.6 Å². The van der Waals surface area contributed by atoms with E-state index in [4.69, 9.17) is 0 Å². The van der Waals surface area contributed by atoms with E-state index in [2.05, 4.69) is 20.5 Å². The Labute approximate surface area is 163 Å². The number of amides is 1. The number of anilines is 1. The number of hydrogen-bond donors (Lipinski definition) is 1. The molecule has 0 spiro atoms. The molecule has 4 rings (SSSR count). The van der Waals surface area contributed by atoms with E-state index in [0.29, 0.717) is 11.3 Å². The molecule has 28 heavy (non-hydrogen) atoms. The van der Waals surface area contributed by atoms with Crippen molar-refractivity contribution in [3.05, 3.63) is 65.7 Å². The number of carbonyl (C=O) groups excluding carboxylic acids is 1. The molecule has 1 N–H and O–H groups in total. The number of pyridine rings is 1. The molecule has 1 aromatic carbocycles.